The molecule has 0 N–H and O–H groups in total. The number of benzene rings is 1. The highest BCUT2D eigenvalue weighted by atomic mass is 79.9. The van der Waals surface area contributed by atoms with Gasteiger partial charge in [0, 0.05) is 21.2 Å². The molecule has 1 aliphatic carbocycles. The fourth-order valence-corrected chi connectivity index (χ4v) is 5.35. The van der Waals surface area contributed by atoms with E-state index in [0.717, 1.165) is 23.0 Å². The van der Waals surface area contributed by atoms with Crippen LogP contribution >= 0.6 is 31.9 Å². The zero-order valence-corrected chi connectivity index (χ0v) is 15.6. The molecule has 0 amide bonds. The first-order valence-electron chi connectivity index (χ1n) is 6.85. The van der Waals surface area contributed by atoms with Crippen LogP contribution in [-0.4, -0.2) is 23.7 Å². The first-order chi connectivity index (χ1) is 10.5. The zero-order chi connectivity index (χ0) is 15.7. The minimum Gasteiger partial charge on any atom is -0.260 e. The molecule has 0 radical (unpaired) electrons. The van der Waals surface area contributed by atoms with Crippen molar-refractivity contribution >= 4 is 41.9 Å². The Morgan fingerprint density at radius 3 is 2.59 bits per heavy atom. The molecule has 22 heavy (non-hydrogen) atoms. The molecule has 3 rings (SSSR count). The number of hydrogen-bond acceptors (Lipinski definition) is 3. The predicted molar refractivity (Wildman–Crippen MR) is 91.8 cm³/mol. The quantitative estimate of drug-likeness (QED) is 0.699. The van der Waals surface area contributed by atoms with Gasteiger partial charge in [-0.05, 0) is 59.1 Å². The molecular weight excluding hydrogens is 432 g/mol. The highest BCUT2D eigenvalue weighted by molar-refractivity contribution is 9.11. The summed E-state index contributed by atoms with van der Waals surface area (Å²) in [6.45, 7) is 0.298. The lowest BCUT2D eigenvalue weighted by Gasteiger charge is -2.22. The van der Waals surface area contributed by atoms with Crippen LogP contribution in [0.3, 0.4) is 0 Å². The Morgan fingerprint density at radius 1 is 1.18 bits per heavy atom. The molecule has 1 fully saturated rings. The second-order valence-corrected chi connectivity index (χ2v) is 8.81. The largest absolute Gasteiger partial charge is 0.260 e. The summed E-state index contributed by atoms with van der Waals surface area (Å²) in [4.78, 5) is 4.53. The standard InChI is InChI=1S/C15H14Br2N2O2S/c16-11-4-7-14(17)15(9-11)22(20,21)19(13-5-6-13)10-12-3-1-2-8-18-12/h1-4,7-9,13H,5-6,10H2. The summed E-state index contributed by atoms with van der Waals surface area (Å²) in [7, 11) is -3.57. The second kappa shape index (κ2) is 6.39. The van der Waals surface area contributed by atoms with Crippen LogP contribution < -0.4 is 0 Å². The third kappa shape index (κ3) is 3.42. The summed E-state index contributed by atoms with van der Waals surface area (Å²) in [6, 6.07) is 10.8. The van der Waals surface area contributed by atoms with E-state index in [1.807, 2.05) is 24.3 Å². The average molecular weight is 446 g/mol. The van der Waals surface area contributed by atoms with Crippen LogP contribution in [0, 0.1) is 0 Å². The van der Waals surface area contributed by atoms with Crippen LogP contribution in [-0.2, 0) is 16.6 Å². The van der Waals surface area contributed by atoms with E-state index in [1.165, 1.54) is 0 Å². The van der Waals surface area contributed by atoms with Gasteiger partial charge in [0.15, 0.2) is 0 Å². The summed E-state index contributed by atoms with van der Waals surface area (Å²) in [5.74, 6) is 0. The Balaban J connectivity index is 1.98. The lowest BCUT2D eigenvalue weighted by atomic mass is 10.3. The van der Waals surface area contributed by atoms with Crippen molar-refractivity contribution in [3.63, 3.8) is 0 Å². The van der Waals surface area contributed by atoms with Crippen LogP contribution in [0.1, 0.15) is 18.5 Å². The van der Waals surface area contributed by atoms with Crippen LogP contribution in [0.2, 0.25) is 0 Å². The van der Waals surface area contributed by atoms with Crippen molar-refractivity contribution in [2.75, 3.05) is 0 Å². The summed E-state index contributed by atoms with van der Waals surface area (Å²) >= 11 is 6.69. The van der Waals surface area contributed by atoms with Gasteiger partial charge in [-0.3, -0.25) is 4.98 Å². The van der Waals surface area contributed by atoms with Crippen LogP contribution in [0.25, 0.3) is 0 Å². The molecule has 1 heterocycles. The van der Waals surface area contributed by atoms with Crippen molar-refractivity contribution in [1.82, 2.24) is 9.29 Å². The lowest BCUT2D eigenvalue weighted by molar-refractivity contribution is 0.394. The molecule has 2 aromatic rings. The number of hydrogen-bond donors (Lipinski definition) is 0. The van der Waals surface area contributed by atoms with E-state index in [4.69, 9.17) is 0 Å². The molecule has 1 aromatic heterocycles. The monoisotopic (exact) mass is 444 g/mol. The fraction of sp³-hybridized carbons (Fsp3) is 0.267. The Labute approximate surface area is 146 Å². The van der Waals surface area contributed by atoms with E-state index in [9.17, 15) is 8.42 Å². The number of nitrogens with zero attached hydrogens (tertiary/aromatic N) is 2. The third-order valence-electron chi connectivity index (χ3n) is 3.48. The van der Waals surface area contributed by atoms with Gasteiger partial charge in [-0.1, -0.05) is 22.0 Å². The summed E-state index contributed by atoms with van der Waals surface area (Å²) in [6.07, 6.45) is 3.48. The highest BCUT2D eigenvalue weighted by Gasteiger charge is 2.39. The summed E-state index contributed by atoms with van der Waals surface area (Å²) in [5.41, 5.74) is 0.754. The summed E-state index contributed by atoms with van der Waals surface area (Å²) < 4.78 is 28.9. The minimum absolute atomic E-state index is 0.0675. The number of rotatable bonds is 5. The lowest BCUT2D eigenvalue weighted by Crippen LogP contribution is -2.33. The first-order valence-corrected chi connectivity index (χ1v) is 9.88. The molecule has 116 valence electrons. The van der Waals surface area contributed by atoms with Crippen molar-refractivity contribution in [2.24, 2.45) is 0 Å². The molecule has 0 aliphatic heterocycles. The molecular formula is C15H14Br2N2O2S. The molecule has 0 bridgehead atoms. The van der Waals surface area contributed by atoms with Crippen LogP contribution in [0.15, 0.2) is 56.4 Å². The molecule has 0 unspecified atom stereocenters. The topological polar surface area (TPSA) is 50.3 Å². The van der Waals surface area contributed by atoms with Crippen molar-refractivity contribution < 1.29 is 8.42 Å². The van der Waals surface area contributed by atoms with Gasteiger partial charge in [0.05, 0.1) is 17.1 Å². The zero-order valence-electron chi connectivity index (χ0n) is 11.6. The molecule has 7 heteroatoms. The van der Waals surface area contributed by atoms with Crippen molar-refractivity contribution in [3.8, 4) is 0 Å². The maximum Gasteiger partial charge on any atom is 0.244 e. The number of pyridine rings is 1. The predicted octanol–water partition coefficient (Wildman–Crippen LogP) is 3.96. The molecule has 0 atom stereocenters. The van der Waals surface area contributed by atoms with E-state index < -0.39 is 10.0 Å². The van der Waals surface area contributed by atoms with E-state index >= 15 is 0 Å². The third-order valence-corrected chi connectivity index (χ3v) is 6.86. The molecule has 1 aromatic carbocycles. The molecule has 1 saturated carbocycles. The van der Waals surface area contributed by atoms with Gasteiger partial charge in [-0.2, -0.15) is 4.31 Å². The van der Waals surface area contributed by atoms with Gasteiger partial charge in [0.1, 0.15) is 0 Å². The molecule has 0 spiro atoms. The maximum absolute atomic E-state index is 13.0. The van der Waals surface area contributed by atoms with Gasteiger partial charge in [-0.25, -0.2) is 8.42 Å². The Morgan fingerprint density at radius 2 is 1.95 bits per heavy atom. The normalized spacial score (nSPS) is 15.2. The van der Waals surface area contributed by atoms with Gasteiger partial charge >= 0.3 is 0 Å². The van der Waals surface area contributed by atoms with Gasteiger partial charge in [-0.15, -0.1) is 0 Å². The Hall–Kier alpha value is -0.760. The van der Waals surface area contributed by atoms with Gasteiger partial charge in [0.25, 0.3) is 0 Å². The average Bonchev–Trinajstić information content (AvgIpc) is 3.32. The highest BCUT2D eigenvalue weighted by Crippen LogP contribution is 2.36. The SMILES string of the molecule is O=S(=O)(c1cc(Br)ccc1Br)N(Cc1ccccn1)C1CC1. The molecule has 0 saturated heterocycles. The van der Waals surface area contributed by atoms with Crippen LogP contribution in [0.5, 0.6) is 0 Å². The number of halogens is 2. The van der Waals surface area contributed by atoms with E-state index in [-0.39, 0.29) is 10.9 Å². The maximum atomic E-state index is 13.0. The minimum atomic E-state index is -3.57. The number of aromatic nitrogens is 1. The molecule has 4 nitrogen and oxygen atoms in total. The Bertz CT molecular complexity index is 777. The summed E-state index contributed by atoms with van der Waals surface area (Å²) in [5, 5.41) is 0. The van der Waals surface area contributed by atoms with Gasteiger partial charge in [0.2, 0.25) is 10.0 Å². The van der Waals surface area contributed by atoms with Crippen molar-refractivity contribution in [2.45, 2.75) is 30.3 Å². The van der Waals surface area contributed by atoms with Crippen molar-refractivity contribution in [3.05, 3.63) is 57.2 Å². The van der Waals surface area contributed by atoms with E-state index in [0.29, 0.717) is 11.0 Å². The van der Waals surface area contributed by atoms with Crippen molar-refractivity contribution in [1.29, 1.82) is 0 Å². The fourth-order valence-electron chi connectivity index (χ4n) is 2.23. The second-order valence-electron chi connectivity index (χ2n) is 5.18. The smallest absolute Gasteiger partial charge is 0.244 e. The van der Waals surface area contributed by atoms with Gasteiger partial charge < -0.3 is 0 Å². The molecule has 1 aliphatic rings. The van der Waals surface area contributed by atoms with E-state index in [2.05, 4.69) is 36.8 Å². The first kappa shape index (κ1) is 16.1. The van der Waals surface area contributed by atoms with E-state index in [1.54, 1.807) is 22.6 Å². The number of sulfonamides is 1. The van der Waals surface area contributed by atoms with Crippen LogP contribution in [0.4, 0.5) is 0 Å². The Kier molecular flexibility index (Phi) is 4.68.